The molecule has 2 aromatic heterocycles. The van der Waals surface area contributed by atoms with Crippen LogP contribution in [0.4, 0.5) is 29.5 Å². The zero-order valence-electron chi connectivity index (χ0n) is 20.5. The van der Waals surface area contributed by atoms with Crippen LogP contribution in [0.5, 0.6) is 0 Å². The Hall–Kier alpha value is -4.81. The Morgan fingerprint density at radius 1 is 1.03 bits per heavy atom. The van der Waals surface area contributed by atoms with Crippen molar-refractivity contribution in [1.82, 2.24) is 15.2 Å². The summed E-state index contributed by atoms with van der Waals surface area (Å²) in [6.07, 6.45) is -1.89. The van der Waals surface area contributed by atoms with Gasteiger partial charge in [0.15, 0.2) is 0 Å². The fraction of sp³-hybridized carbons (Fsp3) is 0.200. The van der Waals surface area contributed by atoms with Gasteiger partial charge in [-0.15, -0.1) is 0 Å². The first kappa shape index (κ1) is 26.3. The van der Waals surface area contributed by atoms with Crippen molar-refractivity contribution in [3.63, 3.8) is 0 Å². The van der Waals surface area contributed by atoms with Crippen LogP contribution >= 0.6 is 0 Å². The van der Waals surface area contributed by atoms with Crippen LogP contribution in [-0.4, -0.2) is 34.3 Å². The highest BCUT2D eigenvalue weighted by atomic mass is 19.4. The van der Waals surface area contributed by atoms with E-state index in [9.17, 15) is 22.8 Å². The topological polar surface area (TPSA) is 123 Å². The number of carbonyl (C=O) groups excluding carboxylic acids is 2. The number of amides is 2. The second kappa shape index (κ2) is 10.7. The molecular weight excluding hydrogens is 505 g/mol. The molecule has 196 valence electrons. The largest absolute Gasteiger partial charge is 0.465 e. The molecule has 4 rings (SSSR count). The zero-order chi connectivity index (χ0) is 27.4. The monoisotopic (exact) mass is 527 g/mol. The van der Waals surface area contributed by atoms with Gasteiger partial charge in [0.1, 0.15) is 6.33 Å². The Morgan fingerprint density at radius 3 is 2.34 bits per heavy atom. The van der Waals surface area contributed by atoms with E-state index in [1.54, 1.807) is 0 Å². The van der Waals surface area contributed by atoms with E-state index in [1.807, 2.05) is 38.1 Å². The standard InChI is InChI=1S/C25H21F3N6O4/c1-14-22(15(2)30-13-29-14)17-6-4-16(5-7-17)11-34-12-21(38-33-34)32-24(36)31-18-8-9-19(23(35)37-3)20(10-18)25(26,27)28/h4-10,12-13H,11H2,1-3H3,(H-,31,32,33,35,36)/p+1. The molecule has 38 heavy (non-hydrogen) atoms. The molecule has 2 amide bonds. The molecular formula is C25H22F3N6O4+. The fourth-order valence-electron chi connectivity index (χ4n) is 3.80. The molecule has 10 nitrogen and oxygen atoms in total. The third-order valence-electron chi connectivity index (χ3n) is 5.55. The molecule has 2 N–H and O–H groups in total. The number of carbonyl (C=O) groups is 2. The lowest BCUT2D eigenvalue weighted by atomic mass is 10.0. The van der Waals surface area contributed by atoms with Crippen molar-refractivity contribution >= 4 is 23.6 Å². The molecule has 13 heteroatoms. The van der Waals surface area contributed by atoms with Crippen molar-refractivity contribution in [2.75, 3.05) is 17.7 Å². The van der Waals surface area contributed by atoms with Crippen molar-refractivity contribution in [3.05, 3.63) is 83.1 Å². The number of hydrogen-bond acceptors (Lipinski definition) is 7. The molecule has 0 spiro atoms. The molecule has 2 heterocycles. The van der Waals surface area contributed by atoms with Gasteiger partial charge in [0.05, 0.1) is 18.2 Å². The van der Waals surface area contributed by atoms with Gasteiger partial charge in [-0.1, -0.05) is 24.3 Å². The van der Waals surface area contributed by atoms with E-state index in [1.165, 1.54) is 17.2 Å². The predicted octanol–water partition coefficient (Wildman–Crippen LogP) is 4.53. The molecule has 0 saturated heterocycles. The summed E-state index contributed by atoms with van der Waals surface area (Å²) in [5.74, 6) is -1.18. The van der Waals surface area contributed by atoms with Crippen LogP contribution in [0.2, 0.25) is 0 Å². The van der Waals surface area contributed by atoms with Gasteiger partial charge in [-0.05, 0) is 42.3 Å². The van der Waals surface area contributed by atoms with Gasteiger partial charge in [0, 0.05) is 28.2 Å². The third-order valence-corrected chi connectivity index (χ3v) is 5.55. The lowest BCUT2D eigenvalue weighted by Crippen LogP contribution is -2.35. The highest BCUT2D eigenvalue weighted by molar-refractivity contribution is 5.99. The number of benzene rings is 2. The predicted molar refractivity (Wildman–Crippen MR) is 128 cm³/mol. The lowest BCUT2D eigenvalue weighted by Gasteiger charge is -2.13. The van der Waals surface area contributed by atoms with Crippen LogP contribution in [0.3, 0.4) is 0 Å². The number of esters is 1. The van der Waals surface area contributed by atoms with Crippen LogP contribution in [0.1, 0.15) is 32.9 Å². The summed E-state index contributed by atoms with van der Waals surface area (Å²) in [6.45, 7) is 4.17. The van der Waals surface area contributed by atoms with Crippen LogP contribution < -0.4 is 15.3 Å². The number of rotatable bonds is 6. The molecule has 0 unspecified atom stereocenters. The minimum Gasteiger partial charge on any atom is -0.465 e. The van der Waals surface area contributed by atoms with Crippen LogP contribution in [0.15, 0.2) is 59.5 Å². The number of halogens is 3. The van der Waals surface area contributed by atoms with Gasteiger partial charge in [0.2, 0.25) is 11.8 Å². The molecule has 0 fully saturated rings. The average molecular weight is 527 g/mol. The number of aromatic nitrogens is 4. The second-order valence-corrected chi connectivity index (χ2v) is 8.21. The van der Waals surface area contributed by atoms with Crippen molar-refractivity contribution in [2.45, 2.75) is 26.6 Å². The number of nitrogens with zero attached hydrogens (tertiary/aromatic N) is 4. The SMILES string of the molecule is COC(=O)c1ccc(NC(=O)Nc2c[n+](Cc3ccc(-c4c(C)ncnc4C)cc3)no2)cc1C(F)(F)F. The summed E-state index contributed by atoms with van der Waals surface area (Å²) in [4.78, 5) is 32.4. The van der Waals surface area contributed by atoms with Gasteiger partial charge in [-0.2, -0.15) is 13.2 Å². The van der Waals surface area contributed by atoms with E-state index in [-0.39, 0.29) is 11.6 Å². The van der Waals surface area contributed by atoms with E-state index in [0.29, 0.717) is 12.6 Å². The van der Waals surface area contributed by atoms with Gasteiger partial charge < -0.3 is 10.1 Å². The van der Waals surface area contributed by atoms with Gasteiger partial charge in [-0.3, -0.25) is 9.84 Å². The maximum Gasteiger partial charge on any atom is 0.417 e. The second-order valence-electron chi connectivity index (χ2n) is 8.21. The maximum atomic E-state index is 13.4. The molecule has 0 atom stereocenters. The Kier molecular flexibility index (Phi) is 7.37. The molecule has 0 radical (unpaired) electrons. The number of anilines is 2. The van der Waals surface area contributed by atoms with E-state index in [4.69, 9.17) is 4.52 Å². The maximum absolute atomic E-state index is 13.4. The molecule has 2 aromatic carbocycles. The Balaban J connectivity index is 1.40. The van der Waals surface area contributed by atoms with Gasteiger partial charge >= 0.3 is 24.1 Å². The molecule has 0 aliphatic carbocycles. The first-order valence-corrected chi connectivity index (χ1v) is 11.2. The number of hydrogen-bond donors (Lipinski definition) is 2. The summed E-state index contributed by atoms with van der Waals surface area (Å²) in [5.41, 5.74) is 2.49. The number of urea groups is 1. The number of nitrogens with one attached hydrogen (secondary N) is 2. The van der Waals surface area contributed by atoms with Gasteiger partial charge in [-0.25, -0.2) is 19.6 Å². The quantitative estimate of drug-likeness (QED) is 0.279. The molecule has 0 bridgehead atoms. The van der Waals surface area contributed by atoms with Crippen LogP contribution in [0.25, 0.3) is 11.1 Å². The first-order valence-electron chi connectivity index (χ1n) is 11.2. The minimum atomic E-state index is -4.83. The average Bonchev–Trinajstić information content (AvgIpc) is 3.30. The molecule has 0 saturated carbocycles. The minimum absolute atomic E-state index is 0.0333. The number of alkyl halides is 3. The molecule has 0 aliphatic rings. The Bertz CT molecular complexity index is 1470. The van der Waals surface area contributed by atoms with E-state index in [0.717, 1.165) is 47.3 Å². The smallest absolute Gasteiger partial charge is 0.417 e. The fourth-order valence-corrected chi connectivity index (χ4v) is 3.80. The number of aryl methyl sites for hydroxylation is 2. The summed E-state index contributed by atoms with van der Waals surface area (Å²) in [6, 6.07) is 9.57. The normalized spacial score (nSPS) is 11.2. The zero-order valence-corrected chi connectivity index (χ0v) is 20.5. The molecule has 0 aliphatic heterocycles. The van der Waals surface area contributed by atoms with Crippen molar-refractivity contribution in [3.8, 4) is 11.1 Å². The highest BCUT2D eigenvalue weighted by Gasteiger charge is 2.36. The highest BCUT2D eigenvalue weighted by Crippen LogP contribution is 2.34. The number of ether oxygens (including phenoxy) is 1. The summed E-state index contributed by atoms with van der Waals surface area (Å²) >= 11 is 0. The third kappa shape index (κ3) is 5.94. The number of methoxy groups -OCH3 is 1. The van der Waals surface area contributed by atoms with Crippen LogP contribution in [-0.2, 0) is 17.5 Å². The van der Waals surface area contributed by atoms with Gasteiger partial charge in [0.25, 0.3) is 6.20 Å². The van der Waals surface area contributed by atoms with E-state index < -0.39 is 29.3 Å². The van der Waals surface area contributed by atoms with Crippen molar-refractivity contribution in [1.29, 1.82) is 0 Å². The van der Waals surface area contributed by atoms with E-state index >= 15 is 0 Å². The summed E-state index contributed by atoms with van der Waals surface area (Å²) in [7, 11) is 0.975. The first-order chi connectivity index (χ1) is 18.0. The Labute approximate surface area is 214 Å². The van der Waals surface area contributed by atoms with Crippen molar-refractivity contribution in [2.24, 2.45) is 0 Å². The van der Waals surface area contributed by atoms with Crippen LogP contribution in [0, 0.1) is 13.8 Å². The summed E-state index contributed by atoms with van der Waals surface area (Å²) < 4.78 is 51.0. The lowest BCUT2D eigenvalue weighted by molar-refractivity contribution is -0.754. The Morgan fingerprint density at radius 2 is 1.71 bits per heavy atom. The van der Waals surface area contributed by atoms with Crippen molar-refractivity contribution < 1.29 is 36.7 Å². The van der Waals surface area contributed by atoms with E-state index in [2.05, 4.69) is 30.6 Å². The molecule has 4 aromatic rings. The summed E-state index contributed by atoms with van der Waals surface area (Å²) in [5, 5.41) is 8.47.